The lowest BCUT2D eigenvalue weighted by Crippen LogP contribution is -2.25. The molecule has 0 spiro atoms. The minimum atomic E-state index is -0.707. The lowest BCUT2D eigenvalue weighted by atomic mass is 9.98. The van der Waals surface area contributed by atoms with Gasteiger partial charge < -0.3 is 30.0 Å². The molecule has 2 heterocycles. The molecule has 2 aromatic heterocycles. The molecule has 0 aliphatic heterocycles. The van der Waals surface area contributed by atoms with Crippen molar-refractivity contribution in [2.45, 2.75) is 34.0 Å². The quantitative estimate of drug-likeness (QED) is 0.119. The van der Waals surface area contributed by atoms with Crippen LogP contribution in [0.25, 0.3) is 0 Å². The molecule has 0 amide bonds. The molecule has 44 heavy (non-hydrogen) atoms. The molecule has 15 heteroatoms. The van der Waals surface area contributed by atoms with Crippen molar-refractivity contribution in [1.82, 2.24) is 19.9 Å². The van der Waals surface area contributed by atoms with Gasteiger partial charge in [-0.05, 0) is 56.2 Å². The van der Waals surface area contributed by atoms with Crippen molar-refractivity contribution >= 4 is 17.6 Å². The highest BCUT2D eigenvalue weighted by molar-refractivity contribution is 5.75. The summed E-state index contributed by atoms with van der Waals surface area (Å²) >= 11 is 0. The molecule has 0 unspecified atom stereocenters. The number of hydrogen-bond acceptors (Lipinski definition) is 11. The highest BCUT2D eigenvalue weighted by Crippen LogP contribution is 2.18. The number of benzene rings is 2. The summed E-state index contributed by atoms with van der Waals surface area (Å²) in [6, 6.07) is 11.4. The van der Waals surface area contributed by atoms with Crippen LogP contribution in [0.2, 0.25) is 0 Å². The summed E-state index contributed by atoms with van der Waals surface area (Å²) in [4.78, 5) is 26.6. The second-order valence-corrected chi connectivity index (χ2v) is 9.87. The highest BCUT2D eigenvalue weighted by Gasteiger charge is 2.23. The third-order valence-corrected chi connectivity index (χ3v) is 5.31. The molecule has 0 aliphatic carbocycles. The Bertz CT molecular complexity index is 1510. The molecule has 3 N–H and O–H groups in total. The lowest BCUT2D eigenvalue weighted by Gasteiger charge is -2.17. The van der Waals surface area contributed by atoms with Crippen molar-refractivity contribution in [3.05, 3.63) is 95.3 Å². The number of carbonyl (C=O) groups is 1. The Morgan fingerprint density at radius 3 is 1.59 bits per heavy atom. The van der Waals surface area contributed by atoms with E-state index in [-0.39, 0.29) is 55.2 Å². The first-order valence-corrected chi connectivity index (χ1v) is 13.0. The molecule has 0 saturated heterocycles. The maximum atomic E-state index is 13.7. The monoisotopic (exact) mass is 618 g/mol. The van der Waals surface area contributed by atoms with Gasteiger partial charge >= 0.3 is 18.0 Å². The van der Waals surface area contributed by atoms with Gasteiger partial charge in [0.05, 0.1) is 17.8 Å². The minimum Gasteiger partial charge on any atom is -0.459 e. The van der Waals surface area contributed by atoms with Gasteiger partial charge in [-0.1, -0.05) is 24.3 Å². The molecule has 0 radical (unpaired) electrons. The van der Waals surface area contributed by atoms with E-state index in [1.807, 2.05) is 0 Å². The number of aromatic nitrogens is 4. The summed E-state index contributed by atoms with van der Waals surface area (Å²) in [6.45, 7) is 4.67. The average Bonchev–Trinajstić information content (AvgIpc) is 2.99. The van der Waals surface area contributed by atoms with Gasteiger partial charge in [0.2, 0.25) is 0 Å². The maximum Gasteiger partial charge on any atom is 0.318 e. The van der Waals surface area contributed by atoms with Crippen LogP contribution in [0.15, 0.2) is 60.9 Å². The Morgan fingerprint density at radius 1 is 0.750 bits per heavy atom. The van der Waals surface area contributed by atoms with Crippen LogP contribution in [0.3, 0.4) is 0 Å². The highest BCUT2D eigenvalue weighted by atomic mass is 19.1. The SMILES string of the molecule is CC(C)(C)C(=O)OCNc1nc(OCc2ccc(F)cc2)ncc1F.OCNc1nc(OCc2ccc(F)cc2)ncc1F. The topological polar surface area (TPSA) is 141 Å². The molecule has 0 aliphatic rings. The number of nitrogens with one attached hydrogen (secondary N) is 2. The number of aliphatic hydroxyl groups is 1. The van der Waals surface area contributed by atoms with Crippen LogP contribution in [0.5, 0.6) is 12.0 Å². The first-order valence-electron chi connectivity index (χ1n) is 13.0. The summed E-state index contributed by atoms with van der Waals surface area (Å²) in [6.07, 6.45) is 1.88. The molecular formula is C29H30F4N6O5. The van der Waals surface area contributed by atoms with Crippen molar-refractivity contribution in [3.8, 4) is 12.0 Å². The molecule has 2 aromatic carbocycles. The van der Waals surface area contributed by atoms with Gasteiger partial charge in [0, 0.05) is 0 Å². The number of nitrogens with zero attached hydrogens (tertiary/aromatic N) is 4. The van der Waals surface area contributed by atoms with Crippen LogP contribution in [-0.4, -0.2) is 44.5 Å². The van der Waals surface area contributed by atoms with Crippen LogP contribution in [-0.2, 0) is 22.7 Å². The molecule has 4 rings (SSSR count). The Labute approximate surface area is 250 Å². The Hall–Kier alpha value is -5.05. The second kappa shape index (κ2) is 16.0. The number of hydrogen-bond donors (Lipinski definition) is 3. The van der Waals surface area contributed by atoms with Gasteiger partial charge in [0.25, 0.3) is 0 Å². The molecule has 4 aromatic rings. The zero-order valence-corrected chi connectivity index (χ0v) is 24.0. The fraction of sp³-hybridized carbons (Fsp3) is 0.276. The number of esters is 1. The van der Waals surface area contributed by atoms with E-state index in [0.717, 1.165) is 18.0 Å². The average molecular weight is 619 g/mol. The zero-order chi connectivity index (χ0) is 32.1. The number of carbonyl (C=O) groups excluding carboxylic acids is 1. The molecule has 0 atom stereocenters. The Balaban J connectivity index is 0.000000249. The van der Waals surface area contributed by atoms with E-state index >= 15 is 0 Å². The van der Waals surface area contributed by atoms with Crippen LogP contribution in [0, 0.1) is 28.7 Å². The molecule has 0 fully saturated rings. The van der Waals surface area contributed by atoms with E-state index in [2.05, 4.69) is 30.6 Å². The first-order chi connectivity index (χ1) is 20.9. The van der Waals surface area contributed by atoms with Gasteiger partial charge in [-0.25, -0.2) is 27.5 Å². The summed E-state index contributed by atoms with van der Waals surface area (Å²) < 4.78 is 68.0. The fourth-order valence-electron chi connectivity index (χ4n) is 3.01. The van der Waals surface area contributed by atoms with E-state index in [0.29, 0.717) is 5.56 Å². The summed E-state index contributed by atoms with van der Waals surface area (Å²) in [5.41, 5.74) is 0.781. The fourth-order valence-corrected chi connectivity index (χ4v) is 3.01. The predicted molar refractivity (Wildman–Crippen MR) is 150 cm³/mol. The van der Waals surface area contributed by atoms with Crippen LogP contribution in [0.1, 0.15) is 31.9 Å². The molecule has 0 bridgehead atoms. The normalized spacial score (nSPS) is 10.7. The second-order valence-electron chi connectivity index (χ2n) is 9.87. The molecule has 234 valence electrons. The van der Waals surface area contributed by atoms with Gasteiger partial charge in [-0.3, -0.25) is 4.79 Å². The minimum absolute atomic E-state index is 0.0401. The smallest absolute Gasteiger partial charge is 0.318 e. The Morgan fingerprint density at radius 2 is 1.18 bits per heavy atom. The van der Waals surface area contributed by atoms with Crippen molar-refractivity contribution in [1.29, 1.82) is 0 Å². The number of rotatable bonds is 11. The van der Waals surface area contributed by atoms with Crippen molar-refractivity contribution in [2.24, 2.45) is 5.41 Å². The Kier molecular flexibility index (Phi) is 12.1. The molecular weight excluding hydrogens is 588 g/mol. The first kappa shape index (κ1) is 33.5. The predicted octanol–water partition coefficient (Wildman–Crippen LogP) is 4.99. The van der Waals surface area contributed by atoms with Gasteiger partial charge in [-0.2, -0.15) is 9.97 Å². The van der Waals surface area contributed by atoms with Crippen LogP contribution in [0.4, 0.5) is 29.2 Å². The number of aliphatic hydroxyl groups excluding tert-OH is 1. The van der Waals surface area contributed by atoms with Crippen molar-refractivity contribution in [2.75, 3.05) is 24.1 Å². The number of halogens is 4. The summed E-state index contributed by atoms with van der Waals surface area (Å²) in [5, 5.41) is 13.5. The van der Waals surface area contributed by atoms with Gasteiger partial charge in [0.15, 0.2) is 30.0 Å². The standard InChI is InChI=1S/C17H19F2N3O3.C12H11F2N3O2/c1-17(2,3)15(23)25-10-21-14-13(19)8-20-16(22-14)24-9-11-4-6-12(18)7-5-11;13-9-3-1-8(2-4-9)6-19-12-15-5-10(14)11(17-12)16-7-18/h4-8H,9-10H2,1-3H3,(H,20,21,22);1-5,18H,6-7H2,(H,15,16,17). The summed E-state index contributed by atoms with van der Waals surface area (Å²) in [5.74, 6) is -2.81. The zero-order valence-electron chi connectivity index (χ0n) is 24.0. The van der Waals surface area contributed by atoms with E-state index in [1.165, 1.54) is 24.3 Å². The molecule has 11 nitrogen and oxygen atoms in total. The van der Waals surface area contributed by atoms with Gasteiger partial charge in [0.1, 0.15) is 31.6 Å². The lowest BCUT2D eigenvalue weighted by molar-refractivity contribution is -0.152. The largest absolute Gasteiger partial charge is 0.459 e. The maximum absolute atomic E-state index is 13.7. The summed E-state index contributed by atoms with van der Waals surface area (Å²) in [7, 11) is 0. The molecule has 0 saturated carbocycles. The van der Waals surface area contributed by atoms with Gasteiger partial charge in [-0.15, -0.1) is 0 Å². The third-order valence-electron chi connectivity index (χ3n) is 5.31. The van der Waals surface area contributed by atoms with E-state index in [4.69, 9.17) is 19.3 Å². The number of ether oxygens (including phenoxy) is 3. The van der Waals surface area contributed by atoms with Crippen molar-refractivity contribution in [3.63, 3.8) is 0 Å². The van der Waals surface area contributed by atoms with Crippen LogP contribution < -0.4 is 20.1 Å². The van der Waals surface area contributed by atoms with E-state index in [1.54, 1.807) is 45.0 Å². The van der Waals surface area contributed by atoms with E-state index < -0.39 is 29.7 Å². The van der Waals surface area contributed by atoms with E-state index in [9.17, 15) is 22.4 Å². The van der Waals surface area contributed by atoms with Crippen LogP contribution >= 0.6 is 0 Å². The third kappa shape index (κ3) is 11.0. The van der Waals surface area contributed by atoms with Crippen molar-refractivity contribution < 1.29 is 41.7 Å². The number of anilines is 2.